The van der Waals surface area contributed by atoms with Crippen LogP contribution in [0.15, 0.2) is 42.5 Å². The molecular formula is C15H11ClF2O. The SMILES string of the molecule is O=C(CCc1cccc(F)c1)c1ccc(F)c(Cl)c1. The molecule has 0 saturated carbocycles. The summed E-state index contributed by atoms with van der Waals surface area (Å²) < 4.78 is 25.9. The lowest BCUT2D eigenvalue weighted by Gasteiger charge is -2.03. The Balaban J connectivity index is 2.03. The molecule has 0 N–H and O–H groups in total. The minimum atomic E-state index is -0.552. The molecular weight excluding hydrogens is 270 g/mol. The average Bonchev–Trinajstić information content (AvgIpc) is 2.39. The van der Waals surface area contributed by atoms with E-state index in [1.165, 1.54) is 24.3 Å². The zero-order chi connectivity index (χ0) is 13.8. The Morgan fingerprint density at radius 1 is 1.11 bits per heavy atom. The maximum absolute atomic E-state index is 13.0. The minimum Gasteiger partial charge on any atom is -0.294 e. The number of hydrogen-bond acceptors (Lipinski definition) is 1. The topological polar surface area (TPSA) is 17.1 Å². The van der Waals surface area contributed by atoms with E-state index in [2.05, 4.69) is 0 Å². The number of ketones is 1. The number of carbonyl (C=O) groups is 1. The lowest BCUT2D eigenvalue weighted by atomic mass is 10.0. The Hall–Kier alpha value is -1.74. The van der Waals surface area contributed by atoms with Gasteiger partial charge >= 0.3 is 0 Å². The summed E-state index contributed by atoms with van der Waals surface area (Å²) in [6.07, 6.45) is 0.664. The van der Waals surface area contributed by atoms with Gasteiger partial charge in [0.25, 0.3) is 0 Å². The molecule has 2 aromatic carbocycles. The highest BCUT2D eigenvalue weighted by Gasteiger charge is 2.09. The van der Waals surface area contributed by atoms with E-state index in [1.807, 2.05) is 0 Å². The standard InChI is InChI=1S/C15H11ClF2O/c16-13-9-11(5-6-14(13)18)15(19)7-4-10-2-1-3-12(17)8-10/h1-3,5-6,8-9H,4,7H2. The summed E-state index contributed by atoms with van der Waals surface area (Å²) in [5.74, 6) is -1.02. The van der Waals surface area contributed by atoms with Gasteiger partial charge in [-0.1, -0.05) is 23.7 Å². The summed E-state index contributed by atoms with van der Waals surface area (Å²) in [6, 6.07) is 9.98. The summed E-state index contributed by atoms with van der Waals surface area (Å²) in [5, 5.41) is -0.0726. The van der Waals surface area contributed by atoms with E-state index in [0.29, 0.717) is 12.0 Å². The highest BCUT2D eigenvalue weighted by molar-refractivity contribution is 6.31. The number of aryl methyl sites for hydroxylation is 1. The lowest BCUT2D eigenvalue weighted by Crippen LogP contribution is -2.01. The van der Waals surface area contributed by atoms with Gasteiger partial charge in [-0.05, 0) is 42.3 Å². The lowest BCUT2D eigenvalue weighted by molar-refractivity contribution is 0.0982. The molecule has 0 atom stereocenters. The third-order valence-electron chi connectivity index (χ3n) is 2.77. The third kappa shape index (κ3) is 3.61. The van der Waals surface area contributed by atoms with Crippen molar-refractivity contribution in [2.24, 2.45) is 0 Å². The molecule has 98 valence electrons. The van der Waals surface area contributed by atoms with Gasteiger partial charge in [-0.25, -0.2) is 8.78 Å². The molecule has 19 heavy (non-hydrogen) atoms. The number of carbonyl (C=O) groups excluding carboxylic acids is 1. The maximum Gasteiger partial charge on any atom is 0.163 e. The van der Waals surface area contributed by atoms with Crippen molar-refractivity contribution < 1.29 is 13.6 Å². The molecule has 0 aliphatic heterocycles. The third-order valence-corrected chi connectivity index (χ3v) is 3.06. The smallest absolute Gasteiger partial charge is 0.163 e. The molecule has 0 aliphatic carbocycles. The van der Waals surface area contributed by atoms with E-state index in [4.69, 9.17) is 11.6 Å². The number of halogens is 3. The average molecular weight is 281 g/mol. The van der Waals surface area contributed by atoms with E-state index in [-0.39, 0.29) is 23.0 Å². The molecule has 0 aromatic heterocycles. The fourth-order valence-corrected chi connectivity index (χ4v) is 1.94. The van der Waals surface area contributed by atoms with E-state index < -0.39 is 5.82 Å². The van der Waals surface area contributed by atoms with Crippen molar-refractivity contribution in [3.8, 4) is 0 Å². The summed E-state index contributed by atoms with van der Waals surface area (Å²) in [7, 11) is 0. The Labute approximate surface area is 114 Å². The van der Waals surface area contributed by atoms with Gasteiger partial charge in [-0.15, -0.1) is 0 Å². The molecule has 0 radical (unpaired) electrons. The highest BCUT2D eigenvalue weighted by atomic mass is 35.5. The molecule has 0 unspecified atom stereocenters. The molecule has 0 heterocycles. The van der Waals surface area contributed by atoms with Crippen LogP contribution in [0, 0.1) is 11.6 Å². The van der Waals surface area contributed by atoms with Crippen LogP contribution >= 0.6 is 11.6 Å². The Bertz CT molecular complexity index is 611. The van der Waals surface area contributed by atoms with Crippen LogP contribution in [-0.4, -0.2) is 5.78 Å². The van der Waals surface area contributed by atoms with Gasteiger partial charge in [0, 0.05) is 12.0 Å². The maximum atomic E-state index is 13.0. The minimum absolute atomic E-state index is 0.0726. The first-order valence-electron chi connectivity index (χ1n) is 5.79. The van der Waals surface area contributed by atoms with E-state index in [0.717, 1.165) is 11.6 Å². The van der Waals surface area contributed by atoms with Gasteiger partial charge in [0.2, 0.25) is 0 Å². The fraction of sp³-hybridized carbons (Fsp3) is 0.133. The Morgan fingerprint density at radius 2 is 1.89 bits per heavy atom. The van der Waals surface area contributed by atoms with E-state index in [9.17, 15) is 13.6 Å². The van der Waals surface area contributed by atoms with Crippen molar-refractivity contribution in [3.05, 3.63) is 70.2 Å². The summed E-state index contributed by atoms with van der Waals surface area (Å²) in [6.45, 7) is 0. The fourth-order valence-electron chi connectivity index (χ4n) is 1.76. The normalized spacial score (nSPS) is 10.5. The number of Topliss-reactive ketones (excluding diaryl/α,β-unsaturated/α-hetero) is 1. The summed E-state index contributed by atoms with van der Waals surface area (Å²) >= 11 is 5.62. The van der Waals surface area contributed by atoms with Gasteiger partial charge in [0.15, 0.2) is 5.78 Å². The zero-order valence-corrected chi connectivity index (χ0v) is 10.8. The number of benzene rings is 2. The Morgan fingerprint density at radius 3 is 2.58 bits per heavy atom. The van der Waals surface area contributed by atoms with Crippen LogP contribution in [0.1, 0.15) is 22.3 Å². The largest absolute Gasteiger partial charge is 0.294 e. The second-order valence-electron chi connectivity index (χ2n) is 4.18. The number of rotatable bonds is 4. The summed E-state index contributed by atoms with van der Waals surface area (Å²) in [4.78, 5) is 11.9. The van der Waals surface area contributed by atoms with Gasteiger partial charge in [0.1, 0.15) is 11.6 Å². The molecule has 1 nitrogen and oxygen atoms in total. The van der Waals surface area contributed by atoms with E-state index in [1.54, 1.807) is 12.1 Å². The van der Waals surface area contributed by atoms with E-state index >= 15 is 0 Å². The molecule has 0 fully saturated rings. The quantitative estimate of drug-likeness (QED) is 0.757. The van der Waals surface area contributed by atoms with Crippen molar-refractivity contribution in [2.75, 3.05) is 0 Å². The van der Waals surface area contributed by atoms with Crippen LogP contribution in [-0.2, 0) is 6.42 Å². The van der Waals surface area contributed by atoms with Gasteiger partial charge in [0.05, 0.1) is 5.02 Å². The Kier molecular flexibility index (Phi) is 4.27. The molecule has 0 bridgehead atoms. The first kappa shape index (κ1) is 13.7. The second kappa shape index (κ2) is 5.93. The monoisotopic (exact) mass is 280 g/mol. The zero-order valence-electron chi connectivity index (χ0n) is 10.00. The molecule has 2 rings (SSSR count). The van der Waals surface area contributed by atoms with Crippen molar-refractivity contribution in [1.29, 1.82) is 0 Å². The van der Waals surface area contributed by atoms with Gasteiger partial charge in [-0.3, -0.25) is 4.79 Å². The first-order valence-corrected chi connectivity index (χ1v) is 6.17. The molecule has 0 amide bonds. The number of hydrogen-bond donors (Lipinski definition) is 0. The van der Waals surface area contributed by atoms with Gasteiger partial charge < -0.3 is 0 Å². The van der Waals surface area contributed by atoms with Crippen LogP contribution in [0.3, 0.4) is 0 Å². The second-order valence-corrected chi connectivity index (χ2v) is 4.59. The van der Waals surface area contributed by atoms with Gasteiger partial charge in [-0.2, -0.15) is 0 Å². The van der Waals surface area contributed by atoms with Crippen LogP contribution in [0.2, 0.25) is 5.02 Å². The van der Waals surface area contributed by atoms with Crippen LogP contribution < -0.4 is 0 Å². The van der Waals surface area contributed by atoms with Crippen molar-refractivity contribution in [1.82, 2.24) is 0 Å². The highest BCUT2D eigenvalue weighted by Crippen LogP contribution is 2.18. The van der Waals surface area contributed by atoms with Crippen molar-refractivity contribution in [3.63, 3.8) is 0 Å². The van der Waals surface area contributed by atoms with Crippen LogP contribution in [0.25, 0.3) is 0 Å². The molecule has 0 spiro atoms. The van der Waals surface area contributed by atoms with Crippen LogP contribution in [0.5, 0.6) is 0 Å². The molecule has 0 aliphatic rings. The molecule has 4 heteroatoms. The molecule has 2 aromatic rings. The predicted molar refractivity (Wildman–Crippen MR) is 70.5 cm³/mol. The van der Waals surface area contributed by atoms with Crippen molar-refractivity contribution in [2.45, 2.75) is 12.8 Å². The van der Waals surface area contributed by atoms with Crippen LogP contribution in [0.4, 0.5) is 8.78 Å². The molecule has 0 saturated heterocycles. The first-order chi connectivity index (χ1) is 9.06. The van der Waals surface area contributed by atoms with Crippen molar-refractivity contribution >= 4 is 17.4 Å². The predicted octanol–water partition coefficient (Wildman–Crippen LogP) is 4.43. The summed E-state index contributed by atoms with van der Waals surface area (Å²) in [5.41, 5.74) is 1.12.